The maximum absolute atomic E-state index is 13.7. The molecule has 1 unspecified atom stereocenters. The Kier molecular flexibility index (Phi) is 4.92. The molecule has 25 heavy (non-hydrogen) atoms. The van der Waals surface area contributed by atoms with E-state index in [2.05, 4.69) is 15.0 Å². The van der Waals surface area contributed by atoms with Crippen LogP contribution in [0.1, 0.15) is 23.5 Å². The Morgan fingerprint density at radius 3 is 2.64 bits per heavy atom. The SMILES string of the molecule is COC1=NC=C(Cc2cnc(N)nc2)CC1c1ccc(F)c(OC)c1. The van der Waals surface area contributed by atoms with Crippen molar-refractivity contribution in [2.75, 3.05) is 20.0 Å². The molecular weight excluding hydrogens is 323 g/mol. The first kappa shape index (κ1) is 16.9. The monoisotopic (exact) mass is 342 g/mol. The van der Waals surface area contributed by atoms with Crippen LogP contribution in [0.25, 0.3) is 0 Å². The summed E-state index contributed by atoms with van der Waals surface area (Å²) in [7, 11) is 3.03. The second-order valence-corrected chi connectivity index (χ2v) is 5.74. The van der Waals surface area contributed by atoms with Crippen LogP contribution in [-0.4, -0.2) is 30.1 Å². The third-order valence-electron chi connectivity index (χ3n) is 4.08. The number of hydrogen-bond acceptors (Lipinski definition) is 6. The molecular formula is C18H19FN4O2. The zero-order chi connectivity index (χ0) is 17.8. The van der Waals surface area contributed by atoms with Gasteiger partial charge in [-0.15, -0.1) is 0 Å². The molecule has 1 aromatic carbocycles. The third kappa shape index (κ3) is 3.76. The summed E-state index contributed by atoms with van der Waals surface area (Å²) >= 11 is 0. The summed E-state index contributed by atoms with van der Waals surface area (Å²) in [6, 6.07) is 4.81. The van der Waals surface area contributed by atoms with E-state index < -0.39 is 5.82 Å². The number of rotatable bonds is 4. The molecule has 1 aromatic heterocycles. The number of anilines is 1. The summed E-state index contributed by atoms with van der Waals surface area (Å²) in [5.41, 5.74) is 8.45. The summed E-state index contributed by atoms with van der Waals surface area (Å²) in [5, 5.41) is 0. The molecule has 0 aliphatic carbocycles. The molecule has 1 aliphatic rings. The minimum atomic E-state index is -0.396. The van der Waals surface area contributed by atoms with E-state index in [1.165, 1.54) is 13.2 Å². The number of ether oxygens (including phenoxy) is 2. The van der Waals surface area contributed by atoms with E-state index in [4.69, 9.17) is 15.2 Å². The van der Waals surface area contributed by atoms with Crippen LogP contribution in [0.5, 0.6) is 5.75 Å². The van der Waals surface area contributed by atoms with E-state index in [-0.39, 0.29) is 17.6 Å². The van der Waals surface area contributed by atoms with E-state index in [1.807, 2.05) is 0 Å². The first-order valence-electron chi connectivity index (χ1n) is 7.80. The van der Waals surface area contributed by atoms with Crippen molar-refractivity contribution in [1.29, 1.82) is 0 Å². The highest BCUT2D eigenvalue weighted by atomic mass is 19.1. The van der Waals surface area contributed by atoms with Gasteiger partial charge in [0.2, 0.25) is 5.95 Å². The first-order chi connectivity index (χ1) is 12.1. The van der Waals surface area contributed by atoms with Crippen molar-refractivity contribution < 1.29 is 13.9 Å². The normalized spacial score (nSPS) is 16.8. The summed E-state index contributed by atoms with van der Waals surface area (Å²) in [6.07, 6.45) is 6.57. The van der Waals surface area contributed by atoms with Crippen LogP contribution >= 0.6 is 0 Å². The van der Waals surface area contributed by atoms with E-state index >= 15 is 0 Å². The van der Waals surface area contributed by atoms with E-state index in [0.29, 0.717) is 18.7 Å². The second-order valence-electron chi connectivity index (χ2n) is 5.74. The number of aromatic nitrogens is 2. The number of aliphatic imine (C=N–C) groups is 1. The van der Waals surface area contributed by atoms with Crippen LogP contribution in [0.2, 0.25) is 0 Å². The lowest BCUT2D eigenvalue weighted by molar-refractivity contribution is 0.375. The van der Waals surface area contributed by atoms with Gasteiger partial charge in [0.1, 0.15) is 0 Å². The maximum atomic E-state index is 13.7. The van der Waals surface area contributed by atoms with Crippen molar-refractivity contribution in [2.24, 2.45) is 4.99 Å². The zero-order valence-electron chi connectivity index (χ0n) is 14.1. The molecule has 0 spiro atoms. The van der Waals surface area contributed by atoms with Crippen molar-refractivity contribution in [2.45, 2.75) is 18.8 Å². The molecule has 0 fully saturated rings. The lowest BCUT2D eigenvalue weighted by Crippen LogP contribution is -2.19. The molecule has 2 heterocycles. The van der Waals surface area contributed by atoms with Gasteiger partial charge >= 0.3 is 0 Å². The zero-order valence-corrected chi connectivity index (χ0v) is 14.1. The summed E-state index contributed by atoms with van der Waals surface area (Å²) in [5.74, 6) is 0.543. The number of nitrogen functional groups attached to an aromatic ring is 1. The van der Waals surface area contributed by atoms with Crippen LogP contribution in [-0.2, 0) is 11.2 Å². The van der Waals surface area contributed by atoms with Crippen molar-refractivity contribution in [3.05, 3.63) is 59.3 Å². The standard InChI is InChI=1S/C18H19FN4O2/c1-24-16-7-13(3-4-15(16)19)14-6-11(8-21-17(14)25-2)5-12-9-22-18(20)23-10-12/h3-4,7-10,14H,5-6H2,1-2H3,(H2,20,22,23). The van der Waals surface area contributed by atoms with Gasteiger partial charge in [0.15, 0.2) is 17.5 Å². The molecule has 3 rings (SSSR count). The number of nitrogens with two attached hydrogens (primary N) is 1. The fourth-order valence-electron chi connectivity index (χ4n) is 2.83. The lowest BCUT2D eigenvalue weighted by Gasteiger charge is -2.23. The molecule has 0 bridgehead atoms. The molecule has 0 amide bonds. The minimum absolute atomic E-state index is 0.103. The highest BCUT2D eigenvalue weighted by Crippen LogP contribution is 2.33. The molecule has 7 heteroatoms. The average Bonchev–Trinajstić information content (AvgIpc) is 2.64. The number of benzene rings is 1. The predicted octanol–water partition coefficient (Wildman–Crippen LogP) is 2.87. The smallest absolute Gasteiger partial charge is 0.219 e. The number of halogens is 1. The van der Waals surface area contributed by atoms with Gasteiger partial charge in [-0.2, -0.15) is 0 Å². The van der Waals surface area contributed by atoms with Crippen LogP contribution in [0.3, 0.4) is 0 Å². The molecule has 0 radical (unpaired) electrons. The van der Waals surface area contributed by atoms with Gasteiger partial charge in [-0.3, -0.25) is 0 Å². The summed E-state index contributed by atoms with van der Waals surface area (Å²) in [4.78, 5) is 12.4. The number of nitrogens with zero attached hydrogens (tertiary/aromatic N) is 3. The van der Waals surface area contributed by atoms with Crippen molar-refractivity contribution in [3.63, 3.8) is 0 Å². The summed E-state index contributed by atoms with van der Waals surface area (Å²) < 4.78 is 24.2. The Hall–Kier alpha value is -2.96. The van der Waals surface area contributed by atoms with Crippen LogP contribution in [0.15, 0.2) is 47.4 Å². The number of methoxy groups -OCH3 is 2. The Morgan fingerprint density at radius 1 is 1.20 bits per heavy atom. The lowest BCUT2D eigenvalue weighted by atomic mass is 9.88. The molecule has 1 aliphatic heterocycles. The summed E-state index contributed by atoms with van der Waals surface area (Å²) in [6.45, 7) is 0. The fourth-order valence-corrected chi connectivity index (χ4v) is 2.83. The van der Waals surface area contributed by atoms with Gasteiger partial charge in [-0.1, -0.05) is 6.07 Å². The number of hydrogen-bond donors (Lipinski definition) is 1. The highest BCUT2D eigenvalue weighted by Gasteiger charge is 2.25. The van der Waals surface area contributed by atoms with Crippen molar-refractivity contribution in [3.8, 4) is 5.75 Å². The Bertz CT molecular complexity index is 818. The topological polar surface area (TPSA) is 82.6 Å². The molecule has 2 aromatic rings. The van der Waals surface area contributed by atoms with Crippen LogP contribution in [0.4, 0.5) is 10.3 Å². The van der Waals surface area contributed by atoms with Gasteiger partial charge < -0.3 is 15.2 Å². The molecule has 0 saturated carbocycles. The van der Waals surface area contributed by atoms with E-state index in [0.717, 1.165) is 16.7 Å². The molecule has 2 N–H and O–H groups in total. The Morgan fingerprint density at radius 2 is 1.96 bits per heavy atom. The maximum Gasteiger partial charge on any atom is 0.219 e. The largest absolute Gasteiger partial charge is 0.494 e. The average molecular weight is 342 g/mol. The van der Waals surface area contributed by atoms with Crippen LogP contribution < -0.4 is 10.5 Å². The number of allylic oxidation sites excluding steroid dienone is 1. The molecule has 6 nitrogen and oxygen atoms in total. The highest BCUT2D eigenvalue weighted by molar-refractivity contribution is 5.85. The second kappa shape index (κ2) is 7.29. The quantitative estimate of drug-likeness (QED) is 0.924. The van der Waals surface area contributed by atoms with Crippen molar-refractivity contribution >= 4 is 11.8 Å². The molecule has 0 saturated heterocycles. The minimum Gasteiger partial charge on any atom is -0.494 e. The van der Waals surface area contributed by atoms with E-state index in [9.17, 15) is 4.39 Å². The van der Waals surface area contributed by atoms with Crippen molar-refractivity contribution in [1.82, 2.24) is 9.97 Å². The van der Waals surface area contributed by atoms with E-state index in [1.54, 1.807) is 37.8 Å². The Balaban J connectivity index is 1.84. The van der Waals surface area contributed by atoms with Crippen LogP contribution in [0, 0.1) is 5.82 Å². The van der Waals surface area contributed by atoms with Gasteiger partial charge in [0, 0.05) is 18.6 Å². The molecule has 130 valence electrons. The molecule has 1 atom stereocenters. The van der Waals surface area contributed by atoms with Gasteiger partial charge in [0.25, 0.3) is 0 Å². The third-order valence-corrected chi connectivity index (χ3v) is 4.08. The fraction of sp³-hybridized carbons (Fsp3) is 0.278. The van der Waals surface area contributed by atoms with Gasteiger partial charge in [-0.05, 0) is 41.7 Å². The Labute approximate surface area is 145 Å². The van der Waals surface area contributed by atoms with Gasteiger partial charge in [0.05, 0.1) is 20.1 Å². The first-order valence-corrected chi connectivity index (χ1v) is 7.80. The van der Waals surface area contributed by atoms with Gasteiger partial charge in [-0.25, -0.2) is 19.4 Å². The predicted molar refractivity (Wildman–Crippen MR) is 93.0 cm³/mol.